The number of fused-ring (bicyclic) bond motifs is 4. The average Bonchev–Trinajstić information content (AvgIpc) is 3.54. The van der Waals surface area contributed by atoms with Crippen LogP contribution in [0.5, 0.6) is 0 Å². The normalized spacial score (nSPS) is 11.5. The molecule has 225 valence electrons. The Morgan fingerprint density at radius 3 is 2.36 bits per heavy atom. The van der Waals surface area contributed by atoms with Gasteiger partial charge in [-0.25, -0.2) is 0 Å². The summed E-state index contributed by atoms with van der Waals surface area (Å²) in [6.45, 7) is 11.7. The van der Waals surface area contributed by atoms with Crippen LogP contribution in [0.15, 0.2) is 95.5 Å². The topological polar surface area (TPSA) is 56.7 Å². The molecule has 0 unspecified atom stereocenters. The molecule has 7 aromatic rings. The molecule has 5 nitrogen and oxygen atoms in total. The number of benzene rings is 3. The van der Waals surface area contributed by atoms with Crippen LogP contribution in [-0.4, -0.2) is 27.6 Å². The summed E-state index contributed by atoms with van der Waals surface area (Å²) < 4.78 is 7.83. The van der Waals surface area contributed by atoms with Gasteiger partial charge in [0.2, 0.25) is 0 Å². The molecule has 0 spiro atoms. The molecule has 0 bridgehead atoms. The zero-order valence-electron chi connectivity index (χ0n) is 26.0. The second-order valence-corrected chi connectivity index (χ2v) is 17.5. The fourth-order valence-electron chi connectivity index (χ4n) is 5.54. The van der Waals surface area contributed by atoms with Crippen LogP contribution in [0.25, 0.3) is 55.7 Å². The van der Waals surface area contributed by atoms with E-state index in [1.807, 2.05) is 67.7 Å². The van der Waals surface area contributed by atoms with E-state index in [4.69, 9.17) is 9.40 Å². The van der Waals surface area contributed by atoms with Crippen molar-refractivity contribution in [2.24, 2.45) is 13.0 Å². The van der Waals surface area contributed by atoms with Crippen molar-refractivity contribution in [3.8, 4) is 22.6 Å². The van der Waals surface area contributed by atoms with Gasteiger partial charge in [0.05, 0.1) is 24.9 Å². The second-order valence-electron chi connectivity index (χ2n) is 12.4. The van der Waals surface area contributed by atoms with Gasteiger partial charge in [-0.1, -0.05) is 81.0 Å². The van der Waals surface area contributed by atoms with Crippen LogP contribution in [0.1, 0.15) is 19.4 Å². The Bertz CT molecular complexity index is 2040. The van der Waals surface area contributed by atoms with Crippen LogP contribution in [0, 0.1) is 18.2 Å². The van der Waals surface area contributed by atoms with E-state index in [9.17, 15) is 0 Å². The van der Waals surface area contributed by atoms with Crippen LogP contribution in [0.2, 0.25) is 19.6 Å². The van der Waals surface area contributed by atoms with E-state index in [1.165, 1.54) is 10.8 Å². The summed E-state index contributed by atoms with van der Waals surface area (Å²) in [7, 11) is 0.669. The number of hydrogen-bond acceptors (Lipinski definition) is 4. The molecule has 0 aliphatic heterocycles. The van der Waals surface area contributed by atoms with Crippen LogP contribution in [-0.2, 0) is 33.6 Å². The molecule has 0 aliphatic carbocycles. The molecule has 0 N–H and O–H groups in total. The molecular formula is C37H36IrN4OSi-2. The number of furan rings is 1. The van der Waals surface area contributed by atoms with E-state index in [0.29, 0.717) is 11.6 Å². The van der Waals surface area contributed by atoms with Gasteiger partial charge in [0.25, 0.3) is 0 Å². The van der Waals surface area contributed by atoms with E-state index in [-0.39, 0.29) is 20.1 Å². The van der Waals surface area contributed by atoms with Crippen molar-refractivity contribution in [1.29, 1.82) is 0 Å². The van der Waals surface area contributed by atoms with Crippen LogP contribution < -0.4 is 5.19 Å². The molecule has 0 saturated heterocycles. The smallest absolute Gasteiger partial charge is 0.141 e. The third-order valence-electron chi connectivity index (χ3n) is 7.62. The number of para-hydroxylation sites is 3. The first-order valence-corrected chi connectivity index (χ1v) is 18.3. The van der Waals surface area contributed by atoms with Gasteiger partial charge in [-0.2, -0.15) is 0 Å². The minimum absolute atomic E-state index is 0. The maximum atomic E-state index is 5.76. The molecule has 4 heterocycles. The average molecular weight is 773 g/mol. The predicted molar refractivity (Wildman–Crippen MR) is 180 cm³/mol. The van der Waals surface area contributed by atoms with E-state index >= 15 is 0 Å². The molecule has 0 amide bonds. The van der Waals surface area contributed by atoms with E-state index in [2.05, 4.69) is 90.7 Å². The summed E-state index contributed by atoms with van der Waals surface area (Å²) in [5.74, 6) is 1.52. The van der Waals surface area contributed by atoms with Crippen molar-refractivity contribution in [2.45, 2.75) is 39.9 Å². The van der Waals surface area contributed by atoms with Gasteiger partial charge in [0, 0.05) is 38.7 Å². The van der Waals surface area contributed by atoms with Gasteiger partial charge in [0.1, 0.15) is 11.3 Å². The van der Waals surface area contributed by atoms with Crippen molar-refractivity contribution >= 4 is 46.4 Å². The monoisotopic (exact) mass is 773 g/mol. The van der Waals surface area contributed by atoms with Gasteiger partial charge in [-0.15, -0.1) is 42.0 Å². The first-order valence-electron chi connectivity index (χ1n) is 14.8. The summed E-state index contributed by atoms with van der Waals surface area (Å²) in [5, 5.41) is 3.54. The van der Waals surface area contributed by atoms with Gasteiger partial charge in [-0.3, -0.25) is 4.98 Å². The molecule has 3 aromatic carbocycles. The third-order valence-corrected chi connectivity index (χ3v) is 9.69. The van der Waals surface area contributed by atoms with Gasteiger partial charge >= 0.3 is 0 Å². The van der Waals surface area contributed by atoms with Crippen molar-refractivity contribution < 1.29 is 24.5 Å². The number of imidazole rings is 1. The number of aromatic nitrogens is 4. The van der Waals surface area contributed by atoms with E-state index in [0.717, 1.165) is 56.5 Å². The largest absolute Gasteiger partial charge is 0.483 e. The predicted octanol–water partition coefficient (Wildman–Crippen LogP) is 8.62. The van der Waals surface area contributed by atoms with E-state index in [1.54, 1.807) is 0 Å². The maximum absolute atomic E-state index is 5.76. The quantitative estimate of drug-likeness (QED) is 0.130. The number of nitrogens with zero attached hydrogens (tertiary/aromatic N) is 4. The summed E-state index contributed by atoms with van der Waals surface area (Å²) in [6, 6.07) is 31.7. The zero-order valence-corrected chi connectivity index (χ0v) is 29.4. The maximum Gasteiger partial charge on any atom is 0.141 e. The SMILES string of the molecule is CC(C)Cc1cc(-c2[c-]cccc2)ncc1[Si](C)(C)C.Cn1c(-c2[c-]nc3oc4ccccc4c3c2)nc2ccccc21.[Ir]. The zero-order chi connectivity index (χ0) is 30.1. The first-order chi connectivity index (χ1) is 20.7. The van der Waals surface area contributed by atoms with Crippen LogP contribution in [0.3, 0.4) is 0 Å². The number of pyridine rings is 2. The van der Waals surface area contributed by atoms with Crippen LogP contribution >= 0.6 is 0 Å². The molecular weight excluding hydrogens is 737 g/mol. The summed E-state index contributed by atoms with van der Waals surface area (Å²) in [6.07, 6.45) is 6.30. The fraction of sp³-hybridized carbons (Fsp3) is 0.216. The molecule has 0 fully saturated rings. The Kier molecular flexibility index (Phi) is 9.30. The minimum atomic E-state index is -1.34. The summed E-state index contributed by atoms with van der Waals surface area (Å²) in [4.78, 5) is 13.8. The molecule has 0 atom stereocenters. The second kappa shape index (κ2) is 13.0. The Hall–Kier alpha value is -3.90. The number of hydrogen-bond donors (Lipinski definition) is 0. The summed E-state index contributed by atoms with van der Waals surface area (Å²) >= 11 is 0. The molecule has 7 rings (SSSR count). The van der Waals surface area contributed by atoms with E-state index < -0.39 is 8.07 Å². The number of aryl methyl sites for hydroxylation is 1. The van der Waals surface area contributed by atoms with Crippen molar-refractivity contribution in [3.05, 3.63) is 109 Å². The molecule has 7 heteroatoms. The standard InChI is InChI=1S/C19H12N3O.C18H24NSi.Ir/c1-22-16-8-4-3-7-15(16)21-18(22)12-10-14-13-6-2-5-9-17(13)23-19(14)20-11-12;1-14(2)11-16-12-17(15-9-7-6-8-10-15)19-13-18(16)20(3,4)5;/h2-10H,1H3;6-9,12-14H,11H2,1-5H3;/q2*-1;. The first kappa shape index (κ1) is 31.5. The Morgan fingerprint density at radius 2 is 1.64 bits per heavy atom. The van der Waals surface area contributed by atoms with Crippen LogP contribution in [0.4, 0.5) is 0 Å². The van der Waals surface area contributed by atoms with Crippen molar-refractivity contribution in [1.82, 2.24) is 19.5 Å². The Balaban J connectivity index is 0.000000173. The van der Waals surface area contributed by atoms with Gasteiger partial charge in [0.15, 0.2) is 0 Å². The van der Waals surface area contributed by atoms with Crippen molar-refractivity contribution in [3.63, 3.8) is 0 Å². The van der Waals surface area contributed by atoms with Crippen molar-refractivity contribution in [2.75, 3.05) is 0 Å². The summed E-state index contributed by atoms with van der Waals surface area (Å²) in [5.41, 5.74) is 7.97. The fourth-order valence-corrected chi connectivity index (χ4v) is 7.13. The van der Waals surface area contributed by atoms with Gasteiger partial charge in [-0.05, 0) is 53.0 Å². The molecule has 0 saturated carbocycles. The molecule has 0 aliphatic rings. The molecule has 44 heavy (non-hydrogen) atoms. The van der Waals surface area contributed by atoms with Gasteiger partial charge < -0.3 is 19.0 Å². The minimum Gasteiger partial charge on any atom is -0.483 e. The Morgan fingerprint density at radius 1 is 0.886 bits per heavy atom. The third kappa shape index (κ3) is 6.46. The number of rotatable bonds is 5. The molecule has 1 radical (unpaired) electrons. The Labute approximate surface area is 273 Å². The molecule has 4 aromatic heterocycles.